The maximum absolute atomic E-state index is 9.03. The van der Waals surface area contributed by atoms with Gasteiger partial charge in [0.05, 0.1) is 0 Å². The van der Waals surface area contributed by atoms with Crippen LogP contribution < -0.4 is 5.32 Å². The summed E-state index contributed by atoms with van der Waals surface area (Å²) in [7, 11) is 2.03. The Bertz CT molecular complexity index is 160. The van der Waals surface area contributed by atoms with Gasteiger partial charge in [0.25, 0.3) is 0 Å². The predicted octanol–water partition coefficient (Wildman–Crippen LogP) is 1.78. The van der Waals surface area contributed by atoms with Gasteiger partial charge in [-0.3, -0.25) is 0 Å². The SMILES string of the molecule is CNC1(CCO)CCC(C)C(C)C1. The zero-order valence-corrected chi connectivity index (χ0v) is 9.14. The summed E-state index contributed by atoms with van der Waals surface area (Å²) < 4.78 is 0. The van der Waals surface area contributed by atoms with E-state index in [4.69, 9.17) is 5.11 Å². The van der Waals surface area contributed by atoms with Crippen molar-refractivity contribution in [1.82, 2.24) is 5.32 Å². The van der Waals surface area contributed by atoms with Crippen LogP contribution in [0, 0.1) is 11.8 Å². The molecule has 1 rings (SSSR count). The summed E-state index contributed by atoms with van der Waals surface area (Å²) in [6, 6.07) is 0. The lowest BCUT2D eigenvalue weighted by Crippen LogP contribution is -2.48. The van der Waals surface area contributed by atoms with Crippen LogP contribution in [0.2, 0.25) is 0 Å². The third-order valence-electron chi connectivity index (χ3n) is 3.88. The number of hydrogen-bond donors (Lipinski definition) is 2. The molecule has 0 aliphatic heterocycles. The van der Waals surface area contributed by atoms with Crippen LogP contribution in [-0.2, 0) is 0 Å². The molecule has 2 N–H and O–H groups in total. The van der Waals surface area contributed by atoms with E-state index in [0.29, 0.717) is 6.61 Å². The number of aliphatic hydroxyl groups is 1. The highest BCUT2D eigenvalue weighted by molar-refractivity contribution is 4.93. The molecule has 0 aromatic rings. The van der Waals surface area contributed by atoms with E-state index in [1.54, 1.807) is 0 Å². The van der Waals surface area contributed by atoms with Crippen molar-refractivity contribution in [3.63, 3.8) is 0 Å². The minimum atomic E-state index is 0.223. The van der Waals surface area contributed by atoms with Crippen LogP contribution in [0.25, 0.3) is 0 Å². The molecule has 0 spiro atoms. The van der Waals surface area contributed by atoms with Crippen LogP contribution in [-0.4, -0.2) is 24.3 Å². The van der Waals surface area contributed by atoms with E-state index in [-0.39, 0.29) is 5.54 Å². The van der Waals surface area contributed by atoms with E-state index in [2.05, 4.69) is 19.2 Å². The number of nitrogens with one attached hydrogen (secondary N) is 1. The molecule has 1 aliphatic carbocycles. The Morgan fingerprint density at radius 1 is 1.38 bits per heavy atom. The minimum absolute atomic E-state index is 0.223. The van der Waals surface area contributed by atoms with Crippen molar-refractivity contribution in [2.45, 2.75) is 45.1 Å². The van der Waals surface area contributed by atoms with E-state index < -0.39 is 0 Å². The minimum Gasteiger partial charge on any atom is -0.396 e. The molecule has 3 atom stereocenters. The Labute approximate surface area is 81.7 Å². The van der Waals surface area contributed by atoms with Gasteiger partial charge in [-0.15, -0.1) is 0 Å². The zero-order valence-electron chi connectivity index (χ0n) is 9.14. The number of aliphatic hydroxyl groups excluding tert-OH is 1. The van der Waals surface area contributed by atoms with Gasteiger partial charge in [0.1, 0.15) is 0 Å². The first-order chi connectivity index (χ1) is 6.13. The number of rotatable bonds is 3. The van der Waals surface area contributed by atoms with E-state index in [1.807, 2.05) is 7.05 Å². The molecule has 1 aliphatic rings. The summed E-state index contributed by atoms with van der Waals surface area (Å²) in [5, 5.41) is 12.4. The molecule has 0 saturated heterocycles. The van der Waals surface area contributed by atoms with Gasteiger partial charge in [-0.25, -0.2) is 0 Å². The maximum Gasteiger partial charge on any atom is 0.0448 e. The monoisotopic (exact) mass is 185 g/mol. The molecule has 3 unspecified atom stereocenters. The fourth-order valence-electron chi connectivity index (χ4n) is 2.50. The Kier molecular flexibility index (Phi) is 3.74. The Balaban J connectivity index is 2.57. The number of hydrogen-bond acceptors (Lipinski definition) is 2. The third-order valence-corrected chi connectivity index (χ3v) is 3.88. The smallest absolute Gasteiger partial charge is 0.0448 e. The van der Waals surface area contributed by atoms with Gasteiger partial charge in [0.2, 0.25) is 0 Å². The topological polar surface area (TPSA) is 32.3 Å². The Morgan fingerprint density at radius 3 is 2.54 bits per heavy atom. The van der Waals surface area contributed by atoms with E-state index >= 15 is 0 Å². The van der Waals surface area contributed by atoms with Gasteiger partial charge in [-0.2, -0.15) is 0 Å². The van der Waals surface area contributed by atoms with Crippen LogP contribution in [0.1, 0.15) is 39.5 Å². The van der Waals surface area contributed by atoms with Crippen LogP contribution in [0.15, 0.2) is 0 Å². The first kappa shape index (κ1) is 11.0. The summed E-state index contributed by atoms with van der Waals surface area (Å²) in [5.41, 5.74) is 0.223. The molecule has 78 valence electrons. The Morgan fingerprint density at radius 2 is 2.08 bits per heavy atom. The first-order valence-electron chi connectivity index (χ1n) is 5.43. The lowest BCUT2D eigenvalue weighted by Gasteiger charge is -2.42. The average molecular weight is 185 g/mol. The second-order valence-electron chi connectivity index (χ2n) is 4.70. The fraction of sp³-hybridized carbons (Fsp3) is 1.00. The van der Waals surface area contributed by atoms with Crippen molar-refractivity contribution < 1.29 is 5.11 Å². The normalized spacial score (nSPS) is 40.6. The van der Waals surface area contributed by atoms with Crippen molar-refractivity contribution in [2.24, 2.45) is 11.8 Å². The van der Waals surface area contributed by atoms with Crippen molar-refractivity contribution >= 4 is 0 Å². The molecule has 2 nitrogen and oxygen atoms in total. The second-order valence-corrected chi connectivity index (χ2v) is 4.70. The summed E-state index contributed by atoms with van der Waals surface area (Å²) in [6.45, 7) is 4.97. The van der Waals surface area contributed by atoms with Crippen molar-refractivity contribution in [3.05, 3.63) is 0 Å². The molecular formula is C11H23NO. The molecule has 1 saturated carbocycles. The highest BCUT2D eigenvalue weighted by atomic mass is 16.3. The second kappa shape index (κ2) is 4.43. The summed E-state index contributed by atoms with van der Waals surface area (Å²) in [5.74, 6) is 1.63. The first-order valence-corrected chi connectivity index (χ1v) is 5.43. The third kappa shape index (κ3) is 2.44. The van der Waals surface area contributed by atoms with Crippen molar-refractivity contribution in [1.29, 1.82) is 0 Å². The van der Waals surface area contributed by atoms with Crippen LogP contribution >= 0.6 is 0 Å². The summed E-state index contributed by atoms with van der Waals surface area (Å²) >= 11 is 0. The summed E-state index contributed by atoms with van der Waals surface area (Å²) in [6.07, 6.45) is 4.63. The molecule has 2 heteroatoms. The van der Waals surface area contributed by atoms with Gasteiger partial charge in [-0.05, 0) is 44.6 Å². The standard InChI is InChI=1S/C11H23NO/c1-9-4-5-11(12-3,6-7-13)8-10(9)2/h9-10,12-13H,4-8H2,1-3H3. The zero-order chi connectivity index (χ0) is 9.90. The van der Waals surface area contributed by atoms with Gasteiger partial charge in [0.15, 0.2) is 0 Å². The van der Waals surface area contributed by atoms with Crippen LogP contribution in [0.4, 0.5) is 0 Å². The fourth-order valence-corrected chi connectivity index (χ4v) is 2.50. The molecule has 13 heavy (non-hydrogen) atoms. The molecule has 1 fully saturated rings. The highest BCUT2D eigenvalue weighted by Crippen LogP contribution is 2.37. The van der Waals surface area contributed by atoms with Crippen LogP contribution in [0.3, 0.4) is 0 Å². The van der Waals surface area contributed by atoms with Gasteiger partial charge < -0.3 is 10.4 Å². The maximum atomic E-state index is 9.03. The molecule has 0 bridgehead atoms. The lowest BCUT2D eigenvalue weighted by atomic mass is 9.70. The van der Waals surface area contributed by atoms with Gasteiger partial charge in [0, 0.05) is 12.1 Å². The lowest BCUT2D eigenvalue weighted by molar-refractivity contribution is 0.116. The molecule has 0 heterocycles. The highest BCUT2D eigenvalue weighted by Gasteiger charge is 2.35. The van der Waals surface area contributed by atoms with Gasteiger partial charge >= 0.3 is 0 Å². The Hall–Kier alpha value is -0.0800. The van der Waals surface area contributed by atoms with Crippen molar-refractivity contribution in [2.75, 3.05) is 13.7 Å². The quantitative estimate of drug-likeness (QED) is 0.702. The van der Waals surface area contributed by atoms with Crippen LogP contribution in [0.5, 0.6) is 0 Å². The molecule has 0 aromatic carbocycles. The molecule has 0 radical (unpaired) electrons. The largest absolute Gasteiger partial charge is 0.396 e. The van der Waals surface area contributed by atoms with Crippen molar-refractivity contribution in [3.8, 4) is 0 Å². The average Bonchev–Trinajstić information content (AvgIpc) is 2.12. The van der Waals surface area contributed by atoms with E-state index in [1.165, 1.54) is 19.3 Å². The molecule has 0 amide bonds. The van der Waals surface area contributed by atoms with E-state index in [9.17, 15) is 0 Å². The predicted molar refractivity (Wildman–Crippen MR) is 55.7 cm³/mol. The molecule has 0 aromatic heterocycles. The van der Waals surface area contributed by atoms with E-state index in [0.717, 1.165) is 18.3 Å². The van der Waals surface area contributed by atoms with Gasteiger partial charge in [-0.1, -0.05) is 13.8 Å². The molecular weight excluding hydrogens is 162 g/mol. The summed E-state index contributed by atoms with van der Waals surface area (Å²) in [4.78, 5) is 0.